The first-order chi connectivity index (χ1) is 7.90. The number of nitrogens with two attached hydrogens (primary N) is 1. The first-order valence-electron chi connectivity index (χ1n) is 4.19. The molecule has 0 amide bonds. The van der Waals surface area contributed by atoms with Gasteiger partial charge >= 0.3 is 0 Å². The maximum absolute atomic E-state index is 13.0. The van der Waals surface area contributed by atoms with E-state index in [1.807, 2.05) is 0 Å². The van der Waals surface area contributed by atoms with E-state index in [0.29, 0.717) is 0 Å². The molecule has 0 aromatic heterocycles. The van der Waals surface area contributed by atoms with Crippen LogP contribution in [-0.4, -0.2) is 12.6 Å². The molecular formula is C9H5F5N2O. The molecule has 8 heteroatoms. The van der Waals surface area contributed by atoms with Crippen molar-refractivity contribution in [3.63, 3.8) is 0 Å². The minimum atomic E-state index is -2.28. The van der Waals surface area contributed by atoms with Crippen molar-refractivity contribution in [2.75, 3.05) is 6.61 Å². The van der Waals surface area contributed by atoms with Crippen LogP contribution in [0, 0.1) is 40.4 Å². The molecule has 3 nitrogen and oxygen atoms in total. The van der Waals surface area contributed by atoms with Crippen LogP contribution in [0.5, 0.6) is 5.75 Å². The van der Waals surface area contributed by atoms with Crippen LogP contribution in [0.4, 0.5) is 22.0 Å². The van der Waals surface area contributed by atoms with Gasteiger partial charge in [-0.2, -0.15) is 14.0 Å². The molecule has 0 aliphatic heterocycles. The van der Waals surface area contributed by atoms with Crippen LogP contribution >= 0.6 is 0 Å². The van der Waals surface area contributed by atoms with E-state index in [4.69, 9.17) is 11.0 Å². The standard InChI is InChI=1S/C9H5F5N2O/c10-4-5(11)7(13)9(8(14)6(4)12)17-2-3(16)1-15/h3H,2,16H2. The van der Waals surface area contributed by atoms with Gasteiger partial charge in [-0.05, 0) is 0 Å². The molecule has 1 aromatic carbocycles. The molecule has 2 N–H and O–H groups in total. The third kappa shape index (κ3) is 2.45. The predicted molar refractivity (Wildman–Crippen MR) is 45.3 cm³/mol. The van der Waals surface area contributed by atoms with Crippen molar-refractivity contribution < 1.29 is 26.7 Å². The molecule has 17 heavy (non-hydrogen) atoms. The fourth-order valence-electron chi connectivity index (χ4n) is 0.922. The Bertz CT molecular complexity index is 456. The molecular weight excluding hydrogens is 247 g/mol. The second kappa shape index (κ2) is 4.97. The molecule has 0 heterocycles. The van der Waals surface area contributed by atoms with Gasteiger partial charge in [0.2, 0.25) is 29.1 Å². The van der Waals surface area contributed by atoms with E-state index < -0.39 is 47.5 Å². The average molecular weight is 252 g/mol. The Labute approximate surface area is 92.2 Å². The van der Waals surface area contributed by atoms with Crippen molar-refractivity contribution in [2.24, 2.45) is 5.73 Å². The Balaban J connectivity index is 3.13. The predicted octanol–water partition coefficient (Wildman–Crippen LogP) is 1.61. The summed E-state index contributed by atoms with van der Waals surface area (Å²) in [6.45, 7) is -0.700. The van der Waals surface area contributed by atoms with Crippen LogP contribution in [0.25, 0.3) is 0 Å². The first kappa shape index (κ1) is 13.2. The molecule has 92 valence electrons. The molecule has 0 bridgehead atoms. The highest BCUT2D eigenvalue weighted by molar-refractivity contribution is 5.29. The summed E-state index contributed by atoms with van der Waals surface area (Å²) in [7, 11) is 0. The lowest BCUT2D eigenvalue weighted by molar-refractivity contribution is 0.257. The van der Waals surface area contributed by atoms with Crippen molar-refractivity contribution in [1.82, 2.24) is 0 Å². The Kier molecular flexibility index (Phi) is 3.85. The highest BCUT2D eigenvalue weighted by Crippen LogP contribution is 2.28. The second-order valence-corrected chi connectivity index (χ2v) is 2.95. The summed E-state index contributed by atoms with van der Waals surface area (Å²) in [4.78, 5) is 0. The number of ether oxygens (including phenoxy) is 1. The molecule has 0 saturated heterocycles. The second-order valence-electron chi connectivity index (χ2n) is 2.95. The zero-order chi connectivity index (χ0) is 13.2. The van der Waals surface area contributed by atoms with Crippen LogP contribution < -0.4 is 10.5 Å². The molecule has 0 radical (unpaired) electrons. The molecule has 0 spiro atoms. The molecule has 1 aromatic rings. The molecule has 1 rings (SSSR count). The van der Waals surface area contributed by atoms with Crippen LogP contribution in [-0.2, 0) is 0 Å². The maximum atomic E-state index is 13.0. The highest BCUT2D eigenvalue weighted by Gasteiger charge is 2.27. The molecule has 0 aliphatic rings. The molecule has 1 atom stereocenters. The van der Waals surface area contributed by atoms with Crippen LogP contribution in [0.1, 0.15) is 0 Å². The van der Waals surface area contributed by atoms with Crippen LogP contribution in [0.3, 0.4) is 0 Å². The van der Waals surface area contributed by atoms with E-state index in [0.717, 1.165) is 0 Å². The summed E-state index contributed by atoms with van der Waals surface area (Å²) in [6.07, 6.45) is 0. The lowest BCUT2D eigenvalue weighted by atomic mass is 10.2. The van der Waals surface area contributed by atoms with Gasteiger partial charge in [0.1, 0.15) is 12.6 Å². The van der Waals surface area contributed by atoms with E-state index in [1.165, 1.54) is 6.07 Å². The van der Waals surface area contributed by atoms with Gasteiger partial charge in [0.25, 0.3) is 0 Å². The van der Waals surface area contributed by atoms with E-state index in [-0.39, 0.29) is 0 Å². The maximum Gasteiger partial charge on any atom is 0.206 e. The van der Waals surface area contributed by atoms with E-state index in [1.54, 1.807) is 0 Å². The summed E-state index contributed by atoms with van der Waals surface area (Å²) in [6, 6.07) is 0.216. The van der Waals surface area contributed by atoms with Gasteiger partial charge in [0.05, 0.1) is 6.07 Å². The van der Waals surface area contributed by atoms with E-state index in [9.17, 15) is 22.0 Å². The quantitative estimate of drug-likeness (QED) is 0.505. The average Bonchev–Trinajstić information content (AvgIpc) is 2.33. The van der Waals surface area contributed by atoms with Crippen LogP contribution in [0.15, 0.2) is 0 Å². The van der Waals surface area contributed by atoms with Crippen molar-refractivity contribution in [3.05, 3.63) is 29.1 Å². The fraction of sp³-hybridized carbons (Fsp3) is 0.222. The van der Waals surface area contributed by atoms with Gasteiger partial charge in [0, 0.05) is 0 Å². The number of benzene rings is 1. The zero-order valence-electron chi connectivity index (χ0n) is 8.11. The summed E-state index contributed by atoms with van der Waals surface area (Å²) >= 11 is 0. The Hall–Kier alpha value is -1.88. The van der Waals surface area contributed by atoms with Gasteiger partial charge in [-0.15, -0.1) is 0 Å². The summed E-state index contributed by atoms with van der Waals surface area (Å²) in [5.41, 5.74) is 5.03. The largest absolute Gasteiger partial charge is 0.485 e. The summed E-state index contributed by atoms with van der Waals surface area (Å²) in [5, 5.41) is 8.25. The van der Waals surface area contributed by atoms with Gasteiger partial charge in [-0.3, -0.25) is 0 Å². The first-order valence-corrected chi connectivity index (χ1v) is 4.19. The van der Waals surface area contributed by atoms with Gasteiger partial charge in [-0.25, -0.2) is 13.2 Å². The molecule has 0 saturated carbocycles. The van der Waals surface area contributed by atoms with Gasteiger partial charge < -0.3 is 10.5 Å². The van der Waals surface area contributed by atoms with Crippen molar-refractivity contribution in [1.29, 1.82) is 5.26 Å². The summed E-state index contributed by atoms with van der Waals surface area (Å²) < 4.78 is 68.2. The molecule has 1 unspecified atom stereocenters. The highest BCUT2D eigenvalue weighted by atomic mass is 19.2. The Morgan fingerprint density at radius 2 is 1.41 bits per heavy atom. The number of nitriles is 1. The SMILES string of the molecule is N#CC(N)COc1c(F)c(F)c(F)c(F)c1F. The zero-order valence-corrected chi connectivity index (χ0v) is 8.11. The van der Waals surface area contributed by atoms with Crippen LogP contribution in [0.2, 0.25) is 0 Å². The Morgan fingerprint density at radius 3 is 1.82 bits per heavy atom. The fourth-order valence-corrected chi connectivity index (χ4v) is 0.922. The van der Waals surface area contributed by atoms with E-state index in [2.05, 4.69) is 4.74 Å². The van der Waals surface area contributed by atoms with Gasteiger partial charge in [-0.1, -0.05) is 0 Å². The van der Waals surface area contributed by atoms with E-state index >= 15 is 0 Å². The van der Waals surface area contributed by atoms with Crippen molar-refractivity contribution in [2.45, 2.75) is 6.04 Å². The number of nitrogens with zero attached hydrogens (tertiary/aromatic N) is 1. The topological polar surface area (TPSA) is 59.0 Å². The minimum absolute atomic E-state index is 0.700. The number of halogens is 5. The summed E-state index contributed by atoms with van der Waals surface area (Å²) in [5.74, 6) is -12.2. The third-order valence-corrected chi connectivity index (χ3v) is 1.74. The lowest BCUT2D eigenvalue weighted by Gasteiger charge is -2.10. The smallest absolute Gasteiger partial charge is 0.206 e. The number of rotatable bonds is 3. The molecule has 0 fully saturated rings. The van der Waals surface area contributed by atoms with Crippen molar-refractivity contribution >= 4 is 0 Å². The third-order valence-electron chi connectivity index (χ3n) is 1.74. The lowest BCUT2D eigenvalue weighted by Crippen LogP contribution is -2.26. The normalized spacial score (nSPS) is 12.1. The van der Waals surface area contributed by atoms with Crippen molar-refractivity contribution in [3.8, 4) is 11.8 Å². The molecule has 0 aliphatic carbocycles. The monoisotopic (exact) mass is 252 g/mol. The number of hydrogen-bond acceptors (Lipinski definition) is 3. The minimum Gasteiger partial charge on any atom is -0.485 e. The Morgan fingerprint density at radius 1 is 1.00 bits per heavy atom. The van der Waals surface area contributed by atoms with Gasteiger partial charge in [0.15, 0.2) is 5.75 Å². The number of hydrogen-bond donors (Lipinski definition) is 1.